The van der Waals surface area contributed by atoms with E-state index in [1.165, 1.54) is 66.4 Å². The van der Waals surface area contributed by atoms with Crippen LogP contribution in [-0.4, -0.2) is 0 Å². The number of rotatable bonds is 0. The molecule has 10 rings (SSSR count). The fraction of sp³-hybridized carbons (Fsp3) is 0.105. The number of benzene rings is 6. The van der Waals surface area contributed by atoms with Gasteiger partial charge in [0.1, 0.15) is 0 Å². The largest absolute Gasteiger partial charge is 0.0619 e. The molecule has 0 fully saturated rings. The molecule has 176 valence electrons. The average molecular weight is 481 g/mol. The topological polar surface area (TPSA) is 0 Å². The van der Waals surface area contributed by atoms with Crippen LogP contribution in [0.25, 0.3) is 55.3 Å². The predicted octanol–water partition coefficient (Wildman–Crippen LogP) is 9.12. The van der Waals surface area contributed by atoms with E-state index in [0.717, 1.165) is 25.7 Å². The smallest absolute Gasteiger partial charge is 0.000421 e. The third kappa shape index (κ3) is 2.29. The minimum atomic E-state index is 1.05. The molecule has 38 heavy (non-hydrogen) atoms. The van der Waals surface area contributed by atoms with Gasteiger partial charge in [-0.25, -0.2) is 0 Å². The molecule has 0 saturated heterocycles. The molecule has 0 heterocycles. The molecule has 0 bridgehead atoms. The standard InChI is InChI=1S/C38H24/c1-3-7-23-21(5-1)9-10-26-27-13-14-30-31-16-15-29-28-12-11-25-24-8-4-2-6-22(24)17-32(25)34(28)19-36(29)38(31)20-37(30)35(27)18-33(23)26/h1-16H,17-20H2. The van der Waals surface area contributed by atoms with Crippen LogP contribution in [0.4, 0.5) is 0 Å². The lowest BCUT2D eigenvalue weighted by Gasteiger charge is -2.08. The van der Waals surface area contributed by atoms with Crippen LogP contribution in [0.1, 0.15) is 44.5 Å². The van der Waals surface area contributed by atoms with Gasteiger partial charge < -0.3 is 0 Å². The molecule has 0 N–H and O–H groups in total. The first kappa shape index (κ1) is 19.7. The van der Waals surface area contributed by atoms with Gasteiger partial charge in [0.15, 0.2) is 0 Å². The third-order valence-electron chi connectivity index (χ3n) is 9.94. The predicted molar refractivity (Wildman–Crippen MR) is 157 cm³/mol. The molecule has 6 aromatic rings. The fourth-order valence-corrected chi connectivity index (χ4v) is 8.24. The maximum atomic E-state index is 2.42. The van der Waals surface area contributed by atoms with Crippen molar-refractivity contribution in [3.8, 4) is 44.5 Å². The Morgan fingerprint density at radius 2 is 0.711 bits per heavy atom. The highest BCUT2D eigenvalue weighted by molar-refractivity contribution is 5.98. The molecule has 0 nitrogen and oxygen atoms in total. The Bertz CT molecular complexity index is 2070. The first-order valence-electron chi connectivity index (χ1n) is 13.9. The second kappa shape index (κ2) is 6.71. The zero-order chi connectivity index (χ0) is 24.5. The van der Waals surface area contributed by atoms with Crippen molar-refractivity contribution in [3.05, 3.63) is 142 Å². The molecule has 0 aromatic heterocycles. The number of fused-ring (bicyclic) bond motifs is 17. The zero-order valence-electron chi connectivity index (χ0n) is 21.1. The van der Waals surface area contributed by atoms with Gasteiger partial charge in [-0.1, -0.05) is 97.1 Å². The van der Waals surface area contributed by atoms with Gasteiger partial charge in [-0.15, -0.1) is 0 Å². The second-order valence-corrected chi connectivity index (χ2v) is 11.5. The van der Waals surface area contributed by atoms with Crippen LogP contribution >= 0.6 is 0 Å². The maximum Gasteiger partial charge on any atom is -0.000421 e. The van der Waals surface area contributed by atoms with Crippen LogP contribution in [0.15, 0.2) is 97.1 Å². The summed E-state index contributed by atoms with van der Waals surface area (Å²) in [6.45, 7) is 0. The summed E-state index contributed by atoms with van der Waals surface area (Å²) in [5.74, 6) is 0. The summed E-state index contributed by atoms with van der Waals surface area (Å²) in [5, 5.41) is 2.76. The Labute approximate surface area is 222 Å². The van der Waals surface area contributed by atoms with Crippen molar-refractivity contribution in [3.63, 3.8) is 0 Å². The summed E-state index contributed by atoms with van der Waals surface area (Å²) in [6.07, 6.45) is 4.27. The van der Waals surface area contributed by atoms with Gasteiger partial charge in [0.25, 0.3) is 0 Å². The Kier molecular flexibility index (Phi) is 3.47. The van der Waals surface area contributed by atoms with Crippen molar-refractivity contribution >= 4 is 10.8 Å². The molecule has 0 spiro atoms. The maximum absolute atomic E-state index is 2.42. The van der Waals surface area contributed by atoms with Crippen molar-refractivity contribution in [2.45, 2.75) is 25.7 Å². The van der Waals surface area contributed by atoms with E-state index >= 15 is 0 Å². The first-order valence-corrected chi connectivity index (χ1v) is 13.9. The number of hydrogen-bond acceptors (Lipinski definition) is 0. The van der Waals surface area contributed by atoms with Crippen molar-refractivity contribution in [1.29, 1.82) is 0 Å². The van der Waals surface area contributed by atoms with Gasteiger partial charge in [-0.2, -0.15) is 0 Å². The molecular formula is C38H24. The van der Waals surface area contributed by atoms with Crippen LogP contribution in [0.5, 0.6) is 0 Å². The van der Waals surface area contributed by atoms with Gasteiger partial charge in [-0.3, -0.25) is 0 Å². The Hall–Kier alpha value is -4.42. The lowest BCUT2D eigenvalue weighted by atomic mass is 9.95. The van der Waals surface area contributed by atoms with E-state index in [-0.39, 0.29) is 0 Å². The first-order chi connectivity index (χ1) is 18.8. The SMILES string of the molecule is c1ccc2c(c1)Cc1c-2ccc2c1Cc1c-2ccc2c1Cc1c-2ccc2c1Cc1c-2ccc2ccccc12. The molecule has 4 aliphatic carbocycles. The van der Waals surface area contributed by atoms with Crippen LogP contribution in [0, 0.1) is 0 Å². The van der Waals surface area contributed by atoms with E-state index < -0.39 is 0 Å². The lowest BCUT2D eigenvalue weighted by Crippen LogP contribution is -1.94. The van der Waals surface area contributed by atoms with Crippen molar-refractivity contribution in [1.82, 2.24) is 0 Å². The second-order valence-electron chi connectivity index (χ2n) is 11.5. The van der Waals surface area contributed by atoms with E-state index in [2.05, 4.69) is 97.1 Å². The minimum absolute atomic E-state index is 1.05. The molecule has 0 saturated carbocycles. The normalized spacial score (nSPS) is 14.4. The van der Waals surface area contributed by atoms with E-state index in [0.29, 0.717) is 0 Å². The molecule has 0 unspecified atom stereocenters. The van der Waals surface area contributed by atoms with E-state index in [4.69, 9.17) is 0 Å². The highest BCUT2D eigenvalue weighted by Crippen LogP contribution is 2.53. The van der Waals surface area contributed by atoms with Gasteiger partial charge in [0.05, 0.1) is 0 Å². The monoisotopic (exact) mass is 480 g/mol. The molecule has 4 aliphatic rings. The van der Waals surface area contributed by atoms with Crippen molar-refractivity contribution in [2.75, 3.05) is 0 Å². The summed E-state index contributed by atoms with van der Waals surface area (Å²) in [6, 6.07) is 36.9. The molecule has 0 aliphatic heterocycles. The van der Waals surface area contributed by atoms with E-state index in [1.807, 2.05) is 0 Å². The highest BCUT2D eigenvalue weighted by Gasteiger charge is 2.34. The van der Waals surface area contributed by atoms with Crippen LogP contribution in [-0.2, 0) is 25.7 Å². The number of hydrogen-bond donors (Lipinski definition) is 0. The average Bonchev–Trinajstić information content (AvgIpc) is 3.71. The molecule has 6 aromatic carbocycles. The molecule has 0 amide bonds. The highest BCUT2D eigenvalue weighted by atomic mass is 14.4. The summed E-state index contributed by atoms with van der Waals surface area (Å²) in [5.41, 5.74) is 24.0. The Morgan fingerprint density at radius 1 is 0.289 bits per heavy atom. The van der Waals surface area contributed by atoms with Crippen LogP contribution < -0.4 is 0 Å². The van der Waals surface area contributed by atoms with Gasteiger partial charge >= 0.3 is 0 Å². The summed E-state index contributed by atoms with van der Waals surface area (Å²) < 4.78 is 0. The summed E-state index contributed by atoms with van der Waals surface area (Å²) >= 11 is 0. The van der Waals surface area contributed by atoms with E-state index in [9.17, 15) is 0 Å². The summed E-state index contributed by atoms with van der Waals surface area (Å²) in [4.78, 5) is 0. The quantitative estimate of drug-likeness (QED) is 0.203. The summed E-state index contributed by atoms with van der Waals surface area (Å²) in [7, 11) is 0. The molecule has 0 radical (unpaired) electrons. The minimum Gasteiger partial charge on any atom is -0.0619 e. The molecular weight excluding hydrogens is 456 g/mol. The third-order valence-corrected chi connectivity index (χ3v) is 9.94. The Balaban J connectivity index is 1.10. The van der Waals surface area contributed by atoms with Gasteiger partial charge in [0.2, 0.25) is 0 Å². The van der Waals surface area contributed by atoms with Crippen molar-refractivity contribution in [2.24, 2.45) is 0 Å². The van der Waals surface area contributed by atoms with E-state index in [1.54, 1.807) is 33.4 Å². The molecule has 0 atom stereocenters. The molecule has 0 heteroatoms. The fourth-order valence-electron chi connectivity index (χ4n) is 8.24. The van der Waals surface area contributed by atoms with Crippen LogP contribution in [0.3, 0.4) is 0 Å². The lowest BCUT2D eigenvalue weighted by molar-refractivity contribution is 1.11. The van der Waals surface area contributed by atoms with Crippen molar-refractivity contribution < 1.29 is 0 Å². The van der Waals surface area contributed by atoms with Gasteiger partial charge in [-0.05, 0) is 125 Å². The zero-order valence-corrected chi connectivity index (χ0v) is 21.1. The van der Waals surface area contributed by atoms with Crippen LogP contribution in [0.2, 0.25) is 0 Å². The Morgan fingerprint density at radius 3 is 1.34 bits per heavy atom. The van der Waals surface area contributed by atoms with Gasteiger partial charge in [0, 0.05) is 0 Å².